The van der Waals surface area contributed by atoms with Crippen molar-refractivity contribution in [2.24, 2.45) is 0 Å². The molecular formula is C16H19ClN2O3. The lowest BCUT2D eigenvalue weighted by Gasteiger charge is -2.37. The van der Waals surface area contributed by atoms with Gasteiger partial charge < -0.3 is 15.3 Å². The zero-order valence-corrected chi connectivity index (χ0v) is 12.9. The van der Waals surface area contributed by atoms with Gasteiger partial charge in [0.05, 0.1) is 6.42 Å². The number of piperidine rings is 1. The van der Waals surface area contributed by atoms with E-state index in [0.717, 1.165) is 18.4 Å². The van der Waals surface area contributed by atoms with E-state index in [0.29, 0.717) is 24.3 Å². The van der Waals surface area contributed by atoms with Crippen LogP contribution < -0.4 is 5.32 Å². The van der Waals surface area contributed by atoms with Gasteiger partial charge in [0.2, 0.25) is 5.91 Å². The molecule has 2 aliphatic heterocycles. The van der Waals surface area contributed by atoms with Crippen molar-refractivity contribution < 1.29 is 14.7 Å². The number of nitrogens with one attached hydrogen (secondary N) is 1. The molecule has 2 unspecified atom stereocenters. The highest BCUT2D eigenvalue weighted by molar-refractivity contribution is 6.30. The molecule has 1 aromatic carbocycles. The number of fused-ring (bicyclic) bond motifs is 2. The summed E-state index contributed by atoms with van der Waals surface area (Å²) in [5, 5.41) is 12.9. The second-order valence-corrected chi connectivity index (χ2v) is 6.55. The molecule has 2 aliphatic rings. The van der Waals surface area contributed by atoms with Crippen LogP contribution in [0.15, 0.2) is 24.3 Å². The number of benzene rings is 1. The van der Waals surface area contributed by atoms with Gasteiger partial charge in [0, 0.05) is 23.1 Å². The molecule has 2 bridgehead atoms. The number of hydrogen-bond acceptors (Lipinski definition) is 2. The molecule has 5 nitrogen and oxygen atoms in total. The van der Waals surface area contributed by atoms with Crippen molar-refractivity contribution >= 4 is 23.6 Å². The fraction of sp³-hybridized carbons (Fsp3) is 0.500. The number of carbonyl (C=O) groups is 2. The van der Waals surface area contributed by atoms with Gasteiger partial charge in [0.1, 0.15) is 0 Å². The van der Waals surface area contributed by atoms with Crippen molar-refractivity contribution in [3.63, 3.8) is 0 Å². The summed E-state index contributed by atoms with van der Waals surface area (Å²) < 4.78 is 0. The lowest BCUT2D eigenvalue weighted by Crippen LogP contribution is -2.52. The number of amides is 2. The molecule has 1 aromatic rings. The number of carbonyl (C=O) groups excluding carboxylic acids is 1. The van der Waals surface area contributed by atoms with E-state index in [4.69, 9.17) is 11.6 Å². The minimum Gasteiger partial charge on any atom is -0.465 e. The number of halogens is 1. The Hall–Kier alpha value is -1.75. The van der Waals surface area contributed by atoms with Crippen molar-refractivity contribution in [3.8, 4) is 0 Å². The summed E-state index contributed by atoms with van der Waals surface area (Å²) in [4.78, 5) is 25.0. The molecule has 2 saturated heterocycles. The second-order valence-electron chi connectivity index (χ2n) is 6.12. The molecule has 0 aliphatic carbocycles. The van der Waals surface area contributed by atoms with E-state index in [9.17, 15) is 14.7 Å². The van der Waals surface area contributed by atoms with Crippen LogP contribution in [0, 0.1) is 0 Å². The van der Waals surface area contributed by atoms with Gasteiger partial charge in [-0.05, 0) is 43.4 Å². The largest absolute Gasteiger partial charge is 0.465 e. The predicted molar refractivity (Wildman–Crippen MR) is 83.0 cm³/mol. The monoisotopic (exact) mass is 322 g/mol. The maximum Gasteiger partial charge on any atom is 0.407 e. The van der Waals surface area contributed by atoms with E-state index in [1.807, 2.05) is 12.1 Å². The number of hydrogen-bond donors (Lipinski definition) is 2. The highest BCUT2D eigenvalue weighted by Crippen LogP contribution is 2.35. The van der Waals surface area contributed by atoms with E-state index in [1.54, 1.807) is 17.0 Å². The van der Waals surface area contributed by atoms with Crippen LogP contribution in [0.3, 0.4) is 0 Å². The van der Waals surface area contributed by atoms with Crippen LogP contribution in [0.25, 0.3) is 0 Å². The van der Waals surface area contributed by atoms with Crippen molar-refractivity contribution in [1.82, 2.24) is 10.2 Å². The maximum absolute atomic E-state index is 12.2. The van der Waals surface area contributed by atoms with Gasteiger partial charge in [0.25, 0.3) is 0 Å². The lowest BCUT2D eigenvalue weighted by molar-refractivity contribution is -0.121. The normalized spacial score (nSPS) is 26.8. The molecule has 0 spiro atoms. The Morgan fingerprint density at radius 2 is 1.95 bits per heavy atom. The Kier molecular flexibility index (Phi) is 4.25. The standard InChI is InChI=1S/C16H19ClN2O3/c17-11-3-1-2-10(6-11)7-15(20)18-12-8-13-4-5-14(9-12)19(13)16(21)22/h1-3,6,12-14H,4-5,7-9H2,(H,18,20)(H,21,22). The Balaban J connectivity index is 1.56. The molecule has 0 saturated carbocycles. The molecule has 6 heteroatoms. The van der Waals surface area contributed by atoms with E-state index in [2.05, 4.69) is 5.32 Å². The fourth-order valence-corrected chi connectivity index (χ4v) is 3.93. The lowest BCUT2D eigenvalue weighted by atomic mass is 9.97. The average molecular weight is 323 g/mol. The number of rotatable bonds is 3. The maximum atomic E-state index is 12.2. The predicted octanol–water partition coefficient (Wildman–Crippen LogP) is 2.67. The van der Waals surface area contributed by atoms with Crippen molar-refractivity contribution in [1.29, 1.82) is 0 Å². The molecule has 2 atom stereocenters. The summed E-state index contributed by atoms with van der Waals surface area (Å²) in [5.41, 5.74) is 0.885. The van der Waals surface area contributed by atoms with E-state index >= 15 is 0 Å². The van der Waals surface area contributed by atoms with E-state index in [-0.39, 0.29) is 24.0 Å². The molecule has 2 amide bonds. The minimum absolute atomic E-state index is 0.0320. The molecule has 22 heavy (non-hydrogen) atoms. The van der Waals surface area contributed by atoms with Gasteiger partial charge >= 0.3 is 6.09 Å². The third-order valence-electron chi connectivity index (χ3n) is 4.57. The van der Waals surface area contributed by atoms with Crippen molar-refractivity contribution in [2.45, 2.75) is 50.2 Å². The minimum atomic E-state index is -0.837. The summed E-state index contributed by atoms with van der Waals surface area (Å²) in [6, 6.07) is 7.44. The summed E-state index contributed by atoms with van der Waals surface area (Å²) in [5.74, 6) is -0.0320. The summed E-state index contributed by atoms with van der Waals surface area (Å²) in [7, 11) is 0. The van der Waals surface area contributed by atoms with Crippen molar-refractivity contribution in [2.75, 3.05) is 0 Å². The van der Waals surface area contributed by atoms with Gasteiger partial charge in [-0.2, -0.15) is 0 Å². The zero-order chi connectivity index (χ0) is 15.7. The average Bonchev–Trinajstić information content (AvgIpc) is 2.71. The van der Waals surface area contributed by atoms with Crippen LogP contribution in [0.5, 0.6) is 0 Å². The quantitative estimate of drug-likeness (QED) is 0.899. The van der Waals surface area contributed by atoms with Crippen LogP contribution in [0.4, 0.5) is 4.79 Å². The summed E-state index contributed by atoms with van der Waals surface area (Å²) >= 11 is 5.92. The molecule has 2 fully saturated rings. The van der Waals surface area contributed by atoms with Gasteiger partial charge in [-0.25, -0.2) is 4.79 Å². The highest BCUT2D eigenvalue weighted by Gasteiger charge is 2.43. The van der Waals surface area contributed by atoms with Crippen LogP contribution >= 0.6 is 11.6 Å². The summed E-state index contributed by atoms with van der Waals surface area (Å²) in [6.07, 6.45) is 2.69. The molecule has 0 radical (unpaired) electrons. The molecule has 2 heterocycles. The van der Waals surface area contributed by atoms with Gasteiger partial charge in [-0.3, -0.25) is 4.79 Å². The first-order valence-corrected chi connectivity index (χ1v) is 7.96. The third kappa shape index (κ3) is 3.19. The third-order valence-corrected chi connectivity index (χ3v) is 4.81. The first kappa shape index (κ1) is 15.2. The Labute approximate surface area is 134 Å². The fourth-order valence-electron chi connectivity index (χ4n) is 3.72. The highest BCUT2D eigenvalue weighted by atomic mass is 35.5. The first-order chi connectivity index (χ1) is 10.5. The van der Waals surface area contributed by atoms with Crippen LogP contribution in [-0.2, 0) is 11.2 Å². The van der Waals surface area contributed by atoms with Crippen LogP contribution in [0.1, 0.15) is 31.2 Å². The summed E-state index contributed by atoms with van der Waals surface area (Å²) in [6.45, 7) is 0. The second kappa shape index (κ2) is 6.16. The number of carboxylic acid groups (broad SMARTS) is 1. The van der Waals surface area contributed by atoms with Gasteiger partial charge in [-0.1, -0.05) is 23.7 Å². The Bertz CT molecular complexity index is 579. The molecule has 0 aromatic heterocycles. The van der Waals surface area contributed by atoms with E-state index < -0.39 is 6.09 Å². The van der Waals surface area contributed by atoms with E-state index in [1.165, 1.54) is 0 Å². The van der Waals surface area contributed by atoms with Gasteiger partial charge in [0.15, 0.2) is 0 Å². The topological polar surface area (TPSA) is 69.6 Å². The first-order valence-electron chi connectivity index (χ1n) is 7.58. The van der Waals surface area contributed by atoms with Gasteiger partial charge in [-0.15, -0.1) is 0 Å². The SMILES string of the molecule is O=C(Cc1cccc(Cl)c1)NC1CC2CCC(C1)N2C(=O)O. The zero-order valence-electron chi connectivity index (χ0n) is 12.2. The molecule has 3 rings (SSSR count). The van der Waals surface area contributed by atoms with Crippen LogP contribution in [0.2, 0.25) is 5.02 Å². The Morgan fingerprint density at radius 3 is 2.55 bits per heavy atom. The smallest absolute Gasteiger partial charge is 0.407 e. The van der Waals surface area contributed by atoms with Crippen molar-refractivity contribution in [3.05, 3.63) is 34.9 Å². The molecule has 2 N–H and O–H groups in total. The Morgan fingerprint density at radius 1 is 1.27 bits per heavy atom. The number of nitrogens with zero attached hydrogens (tertiary/aromatic N) is 1. The molecule has 118 valence electrons. The van der Waals surface area contributed by atoms with Crippen LogP contribution in [-0.4, -0.2) is 40.1 Å². The molecular weight excluding hydrogens is 304 g/mol.